The third kappa shape index (κ3) is 2.79. The second-order valence-electron chi connectivity index (χ2n) is 2.72. The maximum absolute atomic E-state index is 5.45. The van der Waals surface area contributed by atoms with E-state index in [0.29, 0.717) is 0 Å². The molecule has 0 spiro atoms. The van der Waals surface area contributed by atoms with E-state index in [9.17, 15) is 0 Å². The summed E-state index contributed by atoms with van der Waals surface area (Å²) < 4.78 is 0. The summed E-state index contributed by atoms with van der Waals surface area (Å²) in [4.78, 5) is 8.01. The van der Waals surface area contributed by atoms with Gasteiger partial charge in [0.25, 0.3) is 0 Å². The molecule has 3 nitrogen and oxygen atoms in total. The highest BCUT2D eigenvalue weighted by Gasteiger charge is 2.19. The maximum atomic E-state index is 5.45. The monoisotopic (exact) mass is 241 g/mol. The highest BCUT2D eigenvalue weighted by Crippen LogP contribution is 2.24. The van der Waals surface area contributed by atoms with Crippen molar-refractivity contribution in [3.8, 4) is 0 Å². The molecule has 0 unspecified atom stereocenters. The molecule has 0 aromatic carbocycles. The van der Waals surface area contributed by atoms with Gasteiger partial charge in [-0.1, -0.05) is 0 Å². The van der Waals surface area contributed by atoms with Gasteiger partial charge in [-0.15, -0.1) is 36.2 Å². The van der Waals surface area contributed by atoms with Crippen LogP contribution in [0.2, 0.25) is 0 Å². The van der Waals surface area contributed by atoms with Gasteiger partial charge in [-0.05, 0) is 0 Å². The fourth-order valence-electron chi connectivity index (χ4n) is 1.36. The fraction of sp³-hybridized carbons (Fsp3) is 0.571. The van der Waals surface area contributed by atoms with Gasteiger partial charge in [-0.25, -0.2) is 4.98 Å². The van der Waals surface area contributed by atoms with Crippen molar-refractivity contribution in [2.75, 3.05) is 13.1 Å². The summed E-state index contributed by atoms with van der Waals surface area (Å²) in [6.07, 6.45) is 0. The molecular formula is C7H13Cl2N3S. The minimum Gasteiger partial charge on any atom is -0.329 e. The first-order valence-corrected chi connectivity index (χ1v) is 4.62. The van der Waals surface area contributed by atoms with Crippen LogP contribution in [0.3, 0.4) is 0 Å². The molecule has 13 heavy (non-hydrogen) atoms. The Kier molecular flexibility index (Phi) is 5.83. The molecule has 1 aliphatic rings. The van der Waals surface area contributed by atoms with Crippen LogP contribution in [0.1, 0.15) is 10.6 Å². The summed E-state index contributed by atoms with van der Waals surface area (Å²) in [7, 11) is 0. The third-order valence-corrected chi connectivity index (χ3v) is 2.77. The number of nitrogens with zero attached hydrogens (tertiary/aromatic N) is 2. The molecule has 0 saturated carbocycles. The van der Waals surface area contributed by atoms with E-state index in [1.165, 1.54) is 10.6 Å². The van der Waals surface area contributed by atoms with Gasteiger partial charge in [0.2, 0.25) is 0 Å². The lowest BCUT2D eigenvalue weighted by atomic mass is 10.4. The lowest BCUT2D eigenvalue weighted by Gasteiger charge is -2.11. The number of halogens is 2. The molecule has 2 rings (SSSR count). The molecule has 1 aromatic rings. The van der Waals surface area contributed by atoms with Crippen LogP contribution in [-0.2, 0) is 13.1 Å². The minimum atomic E-state index is 0. The molecular weight excluding hydrogens is 229 g/mol. The standard InChI is InChI=1S/C7H11N3S.2ClH/c8-1-2-10-3-6-7(4-10)11-5-9-6;;/h5H,1-4,8H2;2*1H. The van der Waals surface area contributed by atoms with E-state index in [0.717, 1.165) is 26.2 Å². The van der Waals surface area contributed by atoms with E-state index in [1.807, 2.05) is 5.51 Å². The number of fused-ring (bicyclic) bond motifs is 1. The van der Waals surface area contributed by atoms with Crippen molar-refractivity contribution in [2.24, 2.45) is 5.73 Å². The summed E-state index contributed by atoms with van der Waals surface area (Å²) in [5.74, 6) is 0. The number of hydrogen-bond acceptors (Lipinski definition) is 4. The Morgan fingerprint density at radius 2 is 2.23 bits per heavy atom. The van der Waals surface area contributed by atoms with Crippen molar-refractivity contribution in [1.82, 2.24) is 9.88 Å². The third-order valence-electron chi connectivity index (χ3n) is 1.91. The molecule has 2 N–H and O–H groups in total. The minimum absolute atomic E-state index is 0. The predicted molar refractivity (Wildman–Crippen MR) is 59.8 cm³/mol. The normalized spacial score (nSPS) is 14.5. The molecule has 1 aromatic heterocycles. The lowest BCUT2D eigenvalue weighted by molar-refractivity contribution is 0.292. The summed E-state index contributed by atoms with van der Waals surface area (Å²) in [6.45, 7) is 3.78. The second kappa shape index (κ2) is 5.78. The van der Waals surface area contributed by atoms with Gasteiger partial charge in [-0.3, -0.25) is 4.90 Å². The number of rotatable bonds is 2. The molecule has 2 heterocycles. The first kappa shape index (κ1) is 13.1. The van der Waals surface area contributed by atoms with Crippen molar-refractivity contribution in [3.05, 3.63) is 16.1 Å². The van der Waals surface area contributed by atoms with E-state index in [2.05, 4.69) is 9.88 Å². The molecule has 6 heteroatoms. The Hall–Kier alpha value is 0.130. The Morgan fingerprint density at radius 1 is 1.46 bits per heavy atom. The number of thiazole rings is 1. The number of aromatic nitrogens is 1. The van der Waals surface area contributed by atoms with Crippen LogP contribution < -0.4 is 5.73 Å². The zero-order valence-electron chi connectivity index (χ0n) is 7.10. The number of hydrogen-bond donors (Lipinski definition) is 1. The Labute approximate surface area is 94.2 Å². The molecule has 76 valence electrons. The van der Waals surface area contributed by atoms with E-state index in [1.54, 1.807) is 11.3 Å². The van der Waals surface area contributed by atoms with Crippen molar-refractivity contribution >= 4 is 36.2 Å². The highest BCUT2D eigenvalue weighted by atomic mass is 35.5. The Morgan fingerprint density at radius 3 is 2.85 bits per heavy atom. The quantitative estimate of drug-likeness (QED) is 0.849. The SMILES string of the molecule is Cl.Cl.NCCN1Cc2ncsc2C1. The summed E-state index contributed by atoms with van der Waals surface area (Å²) in [5.41, 5.74) is 8.63. The molecule has 0 bridgehead atoms. The van der Waals surface area contributed by atoms with Crippen molar-refractivity contribution in [2.45, 2.75) is 13.1 Å². The van der Waals surface area contributed by atoms with E-state index >= 15 is 0 Å². The van der Waals surface area contributed by atoms with E-state index in [-0.39, 0.29) is 24.8 Å². The molecule has 0 aliphatic carbocycles. The molecule has 0 saturated heterocycles. The number of nitrogens with two attached hydrogens (primary N) is 1. The van der Waals surface area contributed by atoms with Crippen LogP contribution in [0.4, 0.5) is 0 Å². The topological polar surface area (TPSA) is 42.1 Å². The smallest absolute Gasteiger partial charge is 0.0798 e. The summed E-state index contributed by atoms with van der Waals surface area (Å²) in [5, 5.41) is 0. The summed E-state index contributed by atoms with van der Waals surface area (Å²) >= 11 is 1.75. The van der Waals surface area contributed by atoms with Crippen LogP contribution in [0.15, 0.2) is 5.51 Å². The molecule has 1 aliphatic heterocycles. The van der Waals surface area contributed by atoms with Crippen LogP contribution in [-0.4, -0.2) is 23.0 Å². The maximum Gasteiger partial charge on any atom is 0.0798 e. The Bertz CT molecular complexity index is 233. The van der Waals surface area contributed by atoms with Gasteiger partial charge in [0, 0.05) is 31.1 Å². The summed E-state index contributed by atoms with van der Waals surface area (Å²) in [6, 6.07) is 0. The van der Waals surface area contributed by atoms with Gasteiger partial charge in [0.05, 0.1) is 11.2 Å². The van der Waals surface area contributed by atoms with Crippen molar-refractivity contribution in [1.29, 1.82) is 0 Å². The molecule has 0 fully saturated rings. The van der Waals surface area contributed by atoms with Crippen LogP contribution in [0.5, 0.6) is 0 Å². The van der Waals surface area contributed by atoms with E-state index in [4.69, 9.17) is 5.73 Å². The van der Waals surface area contributed by atoms with Crippen molar-refractivity contribution in [3.63, 3.8) is 0 Å². The zero-order chi connectivity index (χ0) is 7.68. The van der Waals surface area contributed by atoms with Crippen LogP contribution in [0.25, 0.3) is 0 Å². The van der Waals surface area contributed by atoms with Gasteiger partial charge in [0.15, 0.2) is 0 Å². The van der Waals surface area contributed by atoms with Gasteiger partial charge in [-0.2, -0.15) is 0 Å². The van der Waals surface area contributed by atoms with Crippen LogP contribution >= 0.6 is 36.2 Å². The molecule has 0 amide bonds. The lowest BCUT2D eigenvalue weighted by Crippen LogP contribution is -2.24. The van der Waals surface area contributed by atoms with Gasteiger partial charge < -0.3 is 5.73 Å². The fourth-order valence-corrected chi connectivity index (χ4v) is 2.18. The van der Waals surface area contributed by atoms with Crippen molar-refractivity contribution < 1.29 is 0 Å². The average molecular weight is 242 g/mol. The highest BCUT2D eigenvalue weighted by molar-refractivity contribution is 7.09. The van der Waals surface area contributed by atoms with Crippen LogP contribution in [0, 0.1) is 0 Å². The molecule has 0 atom stereocenters. The largest absolute Gasteiger partial charge is 0.329 e. The first-order chi connectivity index (χ1) is 5.40. The predicted octanol–water partition coefficient (Wildman–Crippen LogP) is 1.26. The average Bonchev–Trinajstić information content (AvgIpc) is 2.46. The van der Waals surface area contributed by atoms with E-state index < -0.39 is 0 Å². The van der Waals surface area contributed by atoms with Gasteiger partial charge in [0.1, 0.15) is 0 Å². The van der Waals surface area contributed by atoms with Gasteiger partial charge >= 0.3 is 0 Å². The first-order valence-electron chi connectivity index (χ1n) is 3.74. The Balaban J connectivity index is 0.000000720. The molecule has 0 radical (unpaired) electrons. The second-order valence-corrected chi connectivity index (χ2v) is 3.66. The zero-order valence-corrected chi connectivity index (χ0v) is 9.55.